The molecular weight excluding hydrogens is 186 g/mol. The molecule has 3 nitrogen and oxygen atoms in total. The van der Waals surface area contributed by atoms with Crippen LogP contribution in [0.4, 0.5) is 0 Å². The van der Waals surface area contributed by atoms with E-state index in [1.54, 1.807) is 0 Å². The van der Waals surface area contributed by atoms with Crippen molar-refractivity contribution in [2.24, 2.45) is 0 Å². The van der Waals surface area contributed by atoms with Gasteiger partial charge < -0.3 is 5.32 Å². The quantitative estimate of drug-likeness (QED) is 0.808. The first-order chi connectivity index (χ1) is 7.07. The molecule has 0 unspecified atom stereocenters. The average molecular weight is 209 g/mol. The van der Waals surface area contributed by atoms with Gasteiger partial charge in [-0.2, -0.15) is 5.10 Å². The average Bonchev–Trinajstić information content (AvgIpc) is 2.58. The smallest absolute Gasteiger partial charge is 0.0537 e. The Hall–Kier alpha value is -0.830. The largest absolute Gasteiger partial charge is 0.313 e. The number of nitrogens with one attached hydrogen (secondary N) is 1. The summed E-state index contributed by atoms with van der Waals surface area (Å²) in [4.78, 5) is 0. The van der Waals surface area contributed by atoms with E-state index in [9.17, 15) is 0 Å². The van der Waals surface area contributed by atoms with Gasteiger partial charge in [0.15, 0.2) is 0 Å². The number of rotatable bonds is 5. The van der Waals surface area contributed by atoms with Gasteiger partial charge in [-0.15, -0.1) is 0 Å². The van der Waals surface area contributed by atoms with Crippen LogP contribution < -0.4 is 5.32 Å². The second kappa shape index (κ2) is 5.31. The fourth-order valence-corrected chi connectivity index (χ4v) is 1.85. The molecule has 0 aliphatic rings. The van der Waals surface area contributed by atoms with Crippen LogP contribution in [-0.4, -0.2) is 16.3 Å². The molecule has 0 amide bonds. The van der Waals surface area contributed by atoms with E-state index in [1.165, 1.54) is 11.3 Å². The molecule has 1 rings (SSSR count). The number of hydrogen-bond donors (Lipinski definition) is 1. The van der Waals surface area contributed by atoms with E-state index in [0.717, 1.165) is 13.1 Å². The lowest BCUT2D eigenvalue weighted by Crippen LogP contribution is -2.15. The zero-order chi connectivity index (χ0) is 11.4. The molecule has 15 heavy (non-hydrogen) atoms. The molecule has 0 saturated heterocycles. The van der Waals surface area contributed by atoms with Crippen molar-refractivity contribution in [3.05, 3.63) is 17.5 Å². The Morgan fingerprint density at radius 1 is 1.33 bits per heavy atom. The fourth-order valence-electron chi connectivity index (χ4n) is 1.85. The molecule has 1 N–H and O–H groups in total. The van der Waals surface area contributed by atoms with Crippen molar-refractivity contribution in [3.8, 4) is 0 Å². The first-order valence-electron chi connectivity index (χ1n) is 5.84. The van der Waals surface area contributed by atoms with Gasteiger partial charge in [0.2, 0.25) is 0 Å². The van der Waals surface area contributed by atoms with E-state index in [1.807, 2.05) is 6.20 Å². The Morgan fingerprint density at radius 2 is 2.00 bits per heavy atom. The lowest BCUT2D eigenvalue weighted by molar-refractivity contribution is 0.495. The third-order valence-electron chi connectivity index (χ3n) is 2.52. The minimum atomic E-state index is 0.442. The standard InChI is InChI=1S/C12H23N3/c1-6-13-7-11-8-14-15(10(4)5)12(11)9(2)3/h8-10,13H,6-7H2,1-5H3. The van der Waals surface area contributed by atoms with Crippen LogP contribution in [0, 0.1) is 0 Å². The van der Waals surface area contributed by atoms with Crippen LogP contribution in [0.5, 0.6) is 0 Å². The lowest BCUT2D eigenvalue weighted by atomic mass is 10.1. The Balaban J connectivity index is 2.96. The highest BCUT2D eigenvalue weighted by atomic mass is 15.3. The highest BCUT2D eigenvalue weighted by Gasteiger charge is 2.15. The summed E-state index contributed by atoms with van der Waals surface area (Å²) >= 11 is 0. The maximum atomic E-state index is 4.47. The molecule has 0 aromatic carbocycles. The first-order valence-corrected chi connectivity index (χ1v) is 5.84. The molecule has 0 radical (unpaired) electrons. The molecule has 1 aromatic rings. The molecule has 0 spiro atoms. The summed E-state index contributed by atoms with van der Waals surface area (Å²) in [7, 11) is 0. The maximum absolute atomic E-state index is 4.47. The van der Waals surface area contributed by atoms with E-state index in [0.29, 0.717) is 12.0 Å². The summed E-state index contributed by atoms with van der Waals surface area (Å²) in [6.07, 6.45) is 2.00. The van der Waals surface area contributed by atoms with Gasteiger partial charge in [-0.3, -0.25) is 4.68 Å². The molecule has 86 valence electrons. The summed E-state index contributed by atoms with van der Waals surface area (Å²) in [6, 6.07) is 0.442. The summed E-state index contributed by atoms with van der Waals surface area (Å²) < 4.78 is 2.14. The molecule has 0 fully saturated rings. The van der Waals surface area contributed by atoms with Crippen LogP contribution in [0.15, 0.2) is 6.20 Å². The van der Waals surface area contributed by atoms with Gasteiger partial charge in [-0.05, 0) is 26.3 Å². The number of aromatic nitrogens is 2. The van der Waals surface area contributed by atoms with Crippen molar-refractivity contribution in [2.45, 2.75) is 53.1 Å². The Labute approximate surface area is 92.9 Å². The van der Waals surface area contributed by atoms with Crippen molar-refractivity contribution in [3.63, 3.8) is 0 Å². The second-order valence-corrected chi connectivity index (χ2v) is 4.53. The highest BCUT2D eigenvalue weighted by molar-refractivity contribution is 5.21. The van der Waals surface area contributed by atoms with Gasteiger partial charge >= 0.3 is 0 Å². The minimum absolute atomic E-state index is 0.442. The minimum Gasteiger partial charge on any atom is -0.313 e. The molecule has 0 saturated carbocycles. The third-order valence-corrected chi connectivity index (χ3v) is 2.52. The predicted molar refractivity (Wildman–Crippen MR) is 64.1 cm³/mol. The second-order valence-electron chi connectivity index (χ2n) is 4.53. The molecule has 1 aromatic heterocycles. The Morgan fingerprint density at radius 3 is 2.47 bits per heavy atom. The fraction of sp³-hybridized carbons (Fsp3) is 0.750. The molecule has 0 atom stereocenters. The van der Waals surface area contributed by atoms with Gasteiger partial charge in [-0.1, -0.05) is 20.8 Å². The zero-order valence-electron chi connectivity index (χ0n) is 10.5. The normalized spacial score (nSPS) is 11.7. The topological polar surface area (TPSA) is 29.9 Å². The van der Waals surface area contributed by atoms with E-state index < -0.39 is 0 Å². The number of nitrogens with zero attached hydrogens (tertiary/aromatic N) is 2. The van der Waals surface area contributed by atoms with E-state index in [2.05, 4.69) is 49.7 Å². The lowest BCUT2D eigenvalue weighted by Gasteiger charge is -2.15. The third kappa shape index (κ3) is 2.81. The van der Waals surface area contributed by atoms with Crippen molar-refractivity contribution in [2.75, 3.05) is 6.54 Å². The van der Waals surface area contributed by atoms with Gasteiger partial charge in [-0.25, -0.2) is 0 Å². The zero-order valence-corrected chi connectivity index (χ0v) is 10.5. The van der Waals surface area contributed by atoms with Gasteiger partial charge in [0.25, 0.3) is 0 Å². The molecular formula is C12H23N3. The van der Waals surface area contributed by atoms with E-state index in [-0.39, 0.29) is 0 Å². The maximum Gasteiger partial charge on any atom is 0.0537 e. The Bertz CT molecular complexity index is 300. The summed E-state index contributed by atoms with van der Waals surface area (Å²) in [5.74, 6) is 0.531. The van der Waals surface area contributed by atoms with Crippen LogP contribution in [-0.2, 0) is 6.54 Å². The van der Waals surface area contributed by atoms with Crippen molar-refractivity contribution in [1.29, 1.82) is 0 Å². The van der Waals surface area contributed by atoms with Gasteiger partial charge in [0, 0.05) is 23.8 Å². The molecule has 0 aliphatic carbocycles. The summed E-state index contributed by atoms with van der Waals surface area (Å²) in [5.41, 5.74) is 2.70. The molecule has 0 bridgehead atoms. The van der Waals surface area contributed by atoms with Crippen LogP contribution >= 0.6 is 0 Å². The summed E-state index contributed by atoms with van der Waals surface area (Å²) in [6.45, 7) is 12.9. The summed E-state index contributed by atoms with van der Waals surface area (Å²) in [5, 5.41) is 7.83. The highest BCUT2D eigenvalue weighted by Crippen LogP contribution is 2.22. The molecule has 1 heterocycles. The molecule has 0 aliphatic heterocycles. The first kappa shape index (κ1) is 12.2. The van der Waals surface area contributed by atoms with Crippen LogP contribution in [0.3, 0.4) is 0 Å². The van der Waals surface area contributed by atoms with E-state index in [4.69, 9.17) is 0 Å². The van der Waals surface area contributed by atoms with Gasteiger partial charge in [0.1, 0.15) is 0 Å². The Kier molecular flexibility index (Phi) is 4.33. The van der Waals surface area contributed by atoms with Crippen molar-refractivity contribution >= 4 is 0 Å². The van der Waals surface area contributed by atoms with Crippen molar-refractivity contribution < 1.29 is 0 Å². The predicted octanol–water partition coefficient (Wildman–Crippen LogP) is 2.70. The SMILES string of the molecule is CCNCc1cnn(C(C)C)c1C(C)C. The monoisotopic (exact) mass is 209 g/mol. The van der Waals surface area contributed by atoms with E-state index >= 15 is 0 Å². The number of hydrogen-bond acceptors (Lipinski definition) is 2. The van der Waals surface area contributed by atoms with Gasteiger partial charge in [0.05, 0.1) is 6.20 Å². The van der Waals surface area contributed by atoms with Crippen LogP contribution in [0.2, 0.25) is 0 Å². The van der Waals surface area contributed by atoms with Crippen LogP contribution in [0.1, 0.15) is 57.8 Å². The molecule has 3 heteroatoms. The van der Waals surface area contributed by atoms with Crippen LogP contribution in [0.25, 0.3) is 0 Å². The van der Waals surface area contributed by atoms with Crippen molar-refractivity contribution in [1.82, 2.24) is 15.1 Å².